The standard InChI is InChI=1S/C21H22N6O2/c1-12-5-4-6-15-16(20(29)27-8-7-26(3)19(28)13(27)2)9-17(25-18(12)15)14-10-23-21(22)24-11-14/h4-6,9-11,13H,7-8H2,1-3H3,(H2,22,23,24)/t13-/m1/s1. The van der Waals surface area contributed by atoms with Crippen LogP contribution < -0.4 is 5.73 Å². The molecule has 1 aliphatic rings. The highest BCUT2D eigenvalue weighted by molar-refractivity contribution is 6.09. The van der Waals surface area contributed by atoms with Gasteiger partial charge in [-0.15, -0.1) is 0 Å². The molecule has 2 amide bonds. The van der Waals surface area contributed by atoms with Crippen molar-refractivity contribution < 1.29 is 9.59 Å². The Balaban J connectivity index is 1.86. The number of hydrogen-bond donors (Lipinski definition) is 1. The van der Waals surface area contributed by atoms with Crippen LogP contribution in [0.25, 0.3) is 22.2 Å². The van der Waals surface area contributed by atoms with Crippen LogP contribution in [-0.4, -0.2) is 62.7 Å². The van der Waals surface area contributed by atoms with Crippen molar-refractivity contribution in [3.05, 3.63) is 47.8 Å². The Labute approximate surface area is 168 Å². The normalized spacial score (nSPS) is 17.1. The molecule has 2 N–H and O–H groups in total. The largest absolute Gasteiger partial charge is 0.368 e. The highest BCUT2D eigenvalue weighted by Gasteiger charge is 2.33. The van der Waals surface area contributed by atoms with Crippen LogP contribution in [0, 0.1) is 6.92 Å². The third-order valence-electron chi connectivity index (χ3n) is 5.38. The lowest BCUT2D eigenvalue weighted by Gasteiger charge is -2.37. The van der Waals surface area contributed by atoms with E-state index in [4.69, 9.17) is 10.7 Å². The summed E-state index contributed by atoms with van der Waals surface area (Å²) in [6.45, 7) is 4.71. The minimum atomic E-state index is -0.516. The summed E-state index contributed by atoms with van der Waals surface area (Å²) in [5, 5.41) is 0.758. The van der Waals surface area contributed by atoms with E-state index in [1.807, 2.05) is 25.1 Å². The molecule has 8 heteroatoms. The number of nitrogen functional groups attached to an aromatic ring is 1. The summed E-state index contributed by atoms with van der Waals surface area (Å²) in [6, 6.07) is 6.97. The zero-order chi connectivity index (χ0) is 20.7. The Bertz CT molecular complexity index is 1110. The number of benzene rings is 1. The van der Waals surface area contributed by atoms with E-state index < -0.39 is 6.04 Å². The predicted octanol–water partition coefficient (Wildman–Crippen LogP) is 1.89. The number of hydrogen-bond acceptors (Lipinski definition) is 6. The number of nitrogens with two attached hydrogens (primary N) is 1. The molecule has 29 heavy (non-hydrogen) atoms. The van der Waals surface area contributed by atoms with Crippen LogP contribution in [0.1, 0.15) is 22.8 Å². The van der Waals surface area contributed by atoms with E-state index >= 15 is 0 Å². The number of anilines is 1. The molecule has 1 fully saturated rings. The first kappa shape index (κ1) is 18.8. The van der Waals surface area contributed by atoms with Crippen molar-refractivity contribution in [1.29, 1.82) is 0 Å². The van der Waals surface area contributed by atoms with E-state index in [9.17, 15) is 9.59 Å². The summed E-state index contributed by atoms with van der Waals surface area (Å²) in [6.07, 6.45) is 3.18. The first-order valence-corrected chi connectivity index (χ1v) is 9.41. The highest BCUT2D eigenvalue weighted by atomic mass is 16.2. The minimum Gasteiger partial charge on any atom is -0.368 e. The van der Waals surface area contributed by atoms with E-state index in [1.54, 1.807) is 42.2 Å². The number of amides is 2. The van der Waals surface area contributed by atoms with Crippen LogP contribution in [-0.2, 0) is 4.79 Å². The maximum atomic E-state index is 13.5. The number of likely N-dealkylation sites (N-methyl/N-ethyl adjacent to an activating group) is 1. The molecule has 2 aromatic heterocycles. The number of aryl methyl sites for hydroxylation is 1. The molecule has 0 bridgehead atoms. The average Bonchev–Trinajstić information content (AvgIpc) is 2.72. The van der Waals surface area contributed by atoms with Crippen molar-refractivity contribution in [3.8, 4) is 11.3 Å². The molecule has 0 radical (unpaired) electrons. The maximum absolute atomic E-state index is 13.5. The summed E-state index contributed by atoms with van der Waals surface area (Å²) < 4.78 is 0. The number of carbonyl (C=O) groups is 2. The molecule has 0 unspecified atom stereocenters. The fourth-order valence-electron chi connectivity index (χ4n) is 3.63. The Kier molecular flexibility index (Phi) is 4.62. The van der Waals surface area contributed by atoms with Crippen LogP contribution in [0.3, 0.4) is 0 Å². The van der Waals surface area contributed by atoms with Gasteiger partial charge in [-0.2, -0.15) is 0 Å². The molecule has 0 spiro atoms. The minimum absolute atomic E-state index is 0.0636. The maximum Gasteiger partial charge on any atom is 0.255 e. The number of piperazine rings is 1. The molecular formula is C21H22N6O2. The van der Waals surface area contributed by atoms with E-state index in [1.165, 1.54) is 0 Å². The van der Waals surface area contributed by atoms with Gasteiger partial charge in [0.2, 0.25) is 11.9 Å². The molecule has 3 aromatic rings. The third kappa shape index (κ3) is 3.26. The second-order valence-electron chi connectivity index (χ2n) is 7.29. The van der Waals surface area contributed by atoms with E-state index in [0.717, 1.165) is 16.5 Å². The summed E-state index contributed by atoms with van der Waals surface area (Å²) in [5.74, 6) is -0.0762. The number of para-hydroxylation sites is 1. The quantitative estimate of drug-likeness (QED) is 0.716. The van der Waals surface area contributed by atoms with Gasteiger partial charge < -0.3 is 15.5 Å². The van der Waals surface area contributed by atoms with E-state index in [-0.39, 0.29) is 17.8 Å². The van der Waals surface area contributed by atoms with Gasteiger partial charge >= 0.3 is 0 Å². The van der Waals surface area contributed by atoms with Gasteiger partial charge in [0.05, 0.1) is 16.8 Å². The van der Waals surface area contributed by atoms with Crippen molar-refractivity contribution in [2.24, 2.45) is 0 Å². The molecule has 1 aliphatic heterocycles. The van der Waals surface area contributed by atoms with Gasteiger partial charge in [0.25, 0.3) is 5.91 Å². The molecule has 0 saturated carbocycles. The summed E-state index contributed by atoms with van der Waals surface area (Å²) in [4.78, 5) is 42.0. The first-order chi connectivity index (χ1) is 13.9. The van der Waals surface area contributed by atoms with Gasteiger partial charge in [-0.3, -0.25) is 9.59 Å². The number of fused-ring (bicyclic) bond motifs is 1. The van der Waals surface area contributed by atoms with Gasteiger partial charge in [0.15, 0.2) is 0 Å². The van der Waals surface area contributed by atoms with Gasteiger partial charge in [-0.25, -0.2) is 15.0 Å². The number of aromatic nitrogens is 3. The zero-order valence-corrected chi connectivity index (χ0v) is 16.6. The van der Waals surface area contributed by atoms with Crippen molar-refractivity contribution in [2.75, 3.05) is 25.9 Å². The molecule has 4 rings (SSSR count). The molecule has 1 aromatic carbocycles. The SMILES string of the molecule is Cc1cccc2c(C(=O)N3CCN(C)C(=O)[C@H]3C)cc(-c3cnc(N)nc3)nc12. The fraction of sp³-hybridized carbons (Fsp3) is 0.286. The number of carbonyl (C=O) groups excluding carboxylic acids is 2. The summed E-state index contributed by atoms with van der Waals surface area (Å²) in [7, 11) is 1.76. The van der Waals surface area contributed by atoms with E-state index in [0.29, 0.717) is 29.9 Å². The van der Waals surface area contributed by atoms with Crippen LogP contribution in [0.4, 0.5) is 5.95 Å². The Hall–Kier alpha value is -3.55. The first-order valence-electron chi connectivity index (χ1n) is 9.41. The van der Waals surface area contributed by atoms with Gasteiger partial charge in [0.1, 0.15) is 6.04 Å². The molecule has 0 aliphatic carbocycles. The molecule has 3 heterocycles. The topological polar surface area (TPSA) is 105 Å². The van der Waals surface area contributed by atoms with Crippen molar-refractivity contribution >= 4 is 28.7 Å². The van der Waals surface area contributed by atoms with Gasteiger partial charge in [0, 0.05) is 43.5 Å². The van der Waals surface area contributed by atoms with Crippen LogP contribution >= 0.6 is 0 Å². The van der Waals surface area contributed by atoms with Crippen LogP contribution in [0.15, 0.2) is 36.7 Å². The van der Waals surface area contributed by atoms with Crippen molar-refractivity contribution in [2.45, 2.75) is 19.9 Å². The smallest absolute Gasteiger partial charge is 0.255 e. The number of pyridine rings is 1. The third-order valence-corrected chi connectivity index (χ3v) is 5.38. The highest BCUT2D eigenvalue weighted by Crippen LogP contribution is 2.28. The molecule has 1 saturated heterocycles. The lowest BCUT2D eigenvalue weighted by molar-refractivity contribution is -0.137. The lowest BCUT2D eigenvalue weighted by atomic mass is 10.0. The predicted molar refractivity (Wildman–Crippen MR) is 110 cm³/mol. The average molecular weight is 390 g/mol. The lowest BCUT2D eigenvalue weighted by Crippen LogP contribution is -2.56. The van der Waals surface area contributed by atoms with Gasteiger partial charge in [-0.1, -0.05) is 18.2 Å². The van der Waals surface area contributed by atoms with Crippen molar-refractivity contribution in [1.82, 2.24) is 24.8 Å². The molecule has 1 atom stereocenters. The molecule has 8 nitrogen and oxygen atoms in total. The number of rotatable bonds is 2. The fourth-order valence-corrected chi connectivity index (χ4v) is 3.63. The van der Waals surface area contributed by atoms with Crippen molar-refractivity contribution in [3.63, 3.8) is 0 Å². The molecule has 148 valence electrons. The van der Waals surface area contributed by atoms with E-state index in [2.05, 4.69) is 9.97 Å². The second-order valence-corrected chi connectivity index (χ2v) is 7.29. The van der Waals surface area contributed by atoms with Crippen LogP contribution in [0.2, 0.25) is 0 Å². The summed E-state index contributed by atoms with van der Waals surface area (Å²) in [5.41, 5.74) is 9.05. The zero-order valence-electron chi connectivity index (χ0n) is 16.6. The number of nitrogens with zero attached hydrogens (tertiary/aromatic N) is 5. The Morgan fingerprint density at radius 2 is 1.93 bits per heavy atom. The monoisotopic (exact) mass is 390 g/mol. The summed E-state index contributed by atoms with van der Waals surface area (Å²) >= 11 is 0. The Morgan fingerprint density at radius 3 is 2.66 bits per heavy atom. The van der Waals surface area contributed by atoms with Gasteiger partial charge in [-0.05, 0) is 25.5 Å². The Morgan fingerprint density at radius 1 is 1.21 bits per heavy atom. The second kappa shape index (κ2) is 7.12. The van der Waals surface area contributed by atoms with Crippen LogP contribution in [0.5, 0.6) is 0 Å². The molecular weight excluding hydrogens is 368 g/mol.